The first-order valence-corrected chi connectivity index (χ1v) is 6.33. The number of hydrogen-bond acceptors (Lipinski definition) is 3. The molecule has 100 valence electrons. The Morgan fingerprint density at radius 1 is 1.39 bits per heavy atom. The van der Waals surface area contributed by atoms with Crippen molar-refractivity contribution in [1.29, 1.82) is 0 Å². The molecule has 0 aliphatic carbocycles. The Balaban J connectivity index is 2.31. The van der Waals surface area contributed by atoms with Gasteiger partial charge in [0.05, 0.1) is 0 Å². The zero-order chi connectivity index (χ0) is 13.4. The minimum Gasteiger partial charge on any atom is -0.352 e. The average molecular weight is 249 g/mol. The Morgan fingerprint density at radius 3 is 2.67 bits per heavy atom. The van der Waals surface area contributed by atoms with E-state index >= 15 is 0 Å². The van der Waals surface area contributed by atoms with Crippen LogP contribution in [-0.4, -0.2) is 37.0 Å². The van der Waals surface area contributed by atoms with Crippen molar-refractivity contribution in [2.24, 2.45) is 5.73 Å². The monoisotopic (exact) mass is 249 g/mol. The van der Waals surface area contributed by atoms with Crippen molar-refractivity contribution in [1.82, 2.24) is 10.2 Å². The van der Waals surface area contributed by atoms with Crippen LogP contribution in [0.2, 0.25) is 0 Å². The maximum absolute atomic E-state index is 11.4. The molecular weight excluding hydrogens is 226 g/mol. The first-order valence-electron chi connectivity index (χ1n) is 6.33. The lowest BCUT2D eigenvalue weighted by Crippen LogP contribution is -2.41. The summed E-state index contributed by atoms with van der Waals surface area (Å²) in [6.07, 6.45) is 0.396. The molecule has 0 aliphatic heterocycles. The number of hydrogen-bond donors (Lipinski definition) is 2. The third-order valence-corrected chi connectivity index (χ3v) is 2.66. The first-order chi connectivity index (χ1) is 8.61. The molecule has 1 aromatic carbocycles. The molecule has 0 saturated carbocycles. The van der Waals surface area contributed by atoms with Crippen LogP contribution in [0.3, 0.4) is 0 Å². The summed E-state index contributed by atoms with van der Waals surface area (Å²) in [6, 6.07) is 10.4. The largest absolute Gasteiger partial charge is 0.352 e. The molecule has 0 saturated heterocycles. The Labute approximate surface area is 109 Å². The summed E-state index contributed by atoms with van der Waals surface area (Å²) in [5, 5.41) is 2.94. The standard InChI is InChI=1S/C14H23N3O/c1-12(16-14(18)8-9-15)10-17(2)11-13-6-4-3-5-7-13/h3-7,12H,8-11,15H2,1-2H3,(H,16,18). The van der Waals surface area contributed by atoms with Crippen LogP contribution in [0, 0.1) is 0 Å². The predicted octanol–water partition coefficient (Wildman–Crippen LogP) is 0.972. The summed E-state index contributed by atoms with van der Waals surface area (Å²) in [4.78, 5) is 13.6. The van der Waals surface area contributed by atoms with E-state index in [1.807, 2.05) is 25.1 Å². The molecule has 0 fully saturated rings. The van der Waals surface area contributed by atoms with Gasteiger partial charge in [0.2, 0.25) is 5.91 Å². The van der Waals surface area contributed by atoms with Crippen molar-refractivity contribution in [3.8, 4) is 0 Å². The highest BCUT2D eigenvalue weighted by Crippen LogP contribution is 2.03. The average Bonchev–Trinajstić information content (AvgIpc) is 2.29. The SMILES string of the molecule is CC(CN(C)Cc1ccccc1)NC(=O)CCN. The third-order valence-electron chi connectivity index (χ3n) is 2.66. The summed E-state index contributed by atoms with van der Waals surface area (Å²) in [6.45, 7) is 4.12. The number of nitrogens with two attached hydrogens (primary N) is 1. The number of amides is 1. The fraction of sp³-hybridized carbons (Fsp3) is 0.500. The highest BCUT2D eigenvalue weighted by molar-refractivity contribution is 5.76. The van der Waals surface area contributed by atoms with E-state index in [1.54, 1.807) is 0 Å². The molecule has 0 spiro atoms. The van der Waals surface area contributed by atoms with Gasteiger partial charge in [0.15, 0.2) is 0 Å². The van der Waals surface area contributed by atoms with Crippen LogP contribution in [0.5, 0.6) is 0 Å². The fourth-order valence-electron chi connectivity index (χ4n) is 1.95. The van der Waals surface area contributed by atoms with Crippen LogP contribution < -0.4 is 11.1 Å². The molecule has 4 heteroatoms. The van der Waals surface area contributed by atoms with Crippen LogP contribution in [0.1, 0.15) is 18.9 Å². The number of benzene rings is 1. The van der Waals surface area contributed by atoms with E-state index in [0.29, 0.717) is 13.0 Å². The number of rotatable bonds is 7. The zero-order valence-electron chi connectivity index (χ0n) is 11.2. The first kappa shape index (κ1) is 14.7. The molecule has 1 amide bonds. The van der Waals surface area contributed by atoms with Crippen molar-refractivity contribution in [2.45, 2.75) is 25.9 Å². The smallest absolute Gasteiger partial charge is 0.221 e. The van der Waals surface area contributed by atoms with Crippen LogP contribution in [0.15, 0.2) is 30.3 Å². The molecule has 1 rings (SSSR count). The predicted molar refractivity (Wildman–Crippen MR) is 74.1 cm³/mol. The summed E-state index contributed by atoms with van der Waals surface area (Å²) >= 11 is 0. The minimum atomic E-state index is 0.0260. The zero-order valence-corrected chi connectivity index (χ0v) is 11.2. The Bertz CT molecular complexity index is 353. The Morgan fingerprint density at radius 2 is 2.06 bits per heavy atom. The molecule has 1 atom stereocenters. The molecular formula is C14H23N3O. The van der Waals surface area contributed by atoms with Gasteiger partial charge in [-0.2, -0.15) is 0 Å². The van der Waals surface area contributed by atoms with Gasteiger partial charge in [-0.15, -0.1) is 0 Å². The minimum absolute atomic E-state index is 0.0260. The summed E-state index contributed by atoms with van der Waals surface area (Å²) in [5.41, 5.74) is 6.62. The number of nitrogens with zero attached hydrogens (tertiary/aromatic N) is 1. The second-order valence-corrected chi connectivity index (χ2v) is 4.69. The molecule has 4 nitrogen and oxygen atoms in total. The highest BCUT2D eigenvalue weighted by Gasteiger charge is 2.09. The molecule has 0 radical (unpaired) electrons. The lowest BCUT2D eigenvalue weighted by Gasteiger charge is -2.22. The molecule has 1 unspecified atom stereocenters. The quantitative estimate of drug-likeness (QED) is 0.757. The van der Waals surface area contributed by atoms with Gasteiger partial charge >= 0.3 is 0 Å². The van der Waals surface area contributed by atoms with Gasteiger partial charge in [0, 0.05) is 32.1 Å². The molecule has 0 aromatic heterocycles. The van der Waals surface area contributed by atoms with Crippen LogP contribution in [0.4, 0.5) is 0 Å². The normalized spacial score (nSPS) is 12.4. The van der Waals surface area contributed by atoms with Gasteiger partial charge in [-0.25, -0.2) is 0 Å². The van der Waals surface area contributed by atoms with E-state index in [0.717, 1.165) is 13.1 Å². The Hall–Kier alpha value is -1.39. The Kier molecular flexibility index (Phi) is 6.39. The molecule has 3 N–H and O–H groups in total. The van der Waals surface area contributed by atoms with Gasteiger partial charge in [-0.1, -0.05) is 30.3 Å². The summed E-state index contributed by atoms with van der Waals surface area (Å²) < 4.78 is 0. The van der Waals surface area contributed by atoms with Crippen molar-refractivity contribution >= 4 is 5.91 Å². The maximum Gasteiger partial charge on any atom is 0.221 e. The van der Waals surface area contributed by atoms with E-state index in [9.17, 15) is 4.79 Å². The summed E-state index contributed by atoms with van der Waals surface area (Å²) in [7, 11) is 2.05. The van der Waals surface area contributed by atoms with Gasteiger partial charge in [-0.05, 0) is 19.5 Å². The lowest BCUT2D eigenvalue weighted by molar-refractivity contribution is -0.121. The molecule has 18 heavy (non-hydrogen) atoms. The highest BCUT2D eigenvalue weighted by atomic mass is 16.1. The van der Waals surface area contributed by atoms with Crippen molar-refractivity contribution in [3.05, 3.63) is 35.9 Å². The van der Waals surface area contributed by atoms with Crippen molar-refractivity contribution in [2.75, 3.05) is 20.1 Å². The van der Waals surface area contributed by atoms with E-state index in [2.05, 4.69) is 29.4 Å². The van der Waals surface area contributed by atoms with Crippen LogP contribution in [-0.2, 0) is 11.3 Å². The van der Waals surface area contributed by atoms with Crippen molar-refractivity contribution < 1.29 is 4.79 Å². The number of carbonyl (C=O) groups is 1. The number of nitrogens with one attached hydrogen (secondary N) is 1. The van der Waals surface area contributed by atoms with E-state index in [-0.39, 0.29) is 11.9 Å². The molecule has 0 bridgehead atoms. The third kappa shape index (κ3) is 5.80. The van der Waals surface area contributed by atoms with E-state index in [1.165, 1.54) is 5.56 Å². The van der Waals surface area contributed by atoms with E-state index in [4.69, 9.17) is 5.73 Å². The lowest BCUT2D eigenvalue weighted by atomic mass is 10.2. The second kappa shape index (κ2) is 7.84. The van der Waals surface area contributed by atoms with Gasteiger partial charge in [0.25, 0.3) is 0 Å². The number of likely N-dealkylation sites (N-methyl/N-ethyl adjacent to an activating group) is 1. The van der Waals surface area contributed by atoms with Gasteiger partial charge in [0.1, 0.15) is 0 Å². The van der Waals surface area contributed by atoms with Crippen LogP contribution in [0.25, 0.3) is 0 Å². The van der Waals surface area contributed by atoms with Gasteiger partial charge < -0.3 is 16.0 Å². The molecule has 1 aromatic rings. The van der Waals surface area contributed by atoms with Crippen LogP contribution >= 0.6 is 0 Å². The number of carbonyl (C=O) groups excluding carboxylic acids is 1. The molecule has 0 aliphatic rings. The molecule has 0 heterocycles. The topological polar surface area (TPSA) is 58.4 Å². The van der Waals surface area contributed by atoms with E-state index < -0.39 is 0 Å². The summed E-state index contributed by atoms with van der Waals surface area (Å²) in [5.74, 6) is 0.0260. The maximum atomic E-state index is 11.4. The van der Waals surface area contributed by atoms with Crippen molar-refractivity contribution in [3.63, 3.8) is 0 Å². The second-order valence-electron chi connectivity index (χ2n) is 4.69. The van der Waals surface area contributed by atoms with Gasteiger partial charge in [-0.3, -0.25) is 4.79 Å². The fourth-order valence-corrected chi connectivity index (χ4v) is 1.95.